The van der Waals surface area contributed by atoms with Gasteiger partial charge in [0.25, 0.3) is 0 Å². The minimum Gasteiger partial charge on any atom is -0.392 e. The Hall–Kier alpha value is -0.570. The zero-order valence-electron chi connectivity index (χ0n) is 6.13. The second-order valence-corrected chi connectivity index (χ2v) is 2.87. The zero-order valence-corrected chi connectivity index (χ0v) is 6.13. The van der Waals surface area contributed by atoms with Crippen LogP contribution >= 0.6 is 0 Å². The van der Waals surface area contributed by atoms with Crippen molar-refractivity contribution in [1.82, 2.24) is 5.32 Å². The molecule has 0 radical (unpaired) electrons. The molecule has 1 aliphatic carbocycles. The van der Waals surface area contributed by atoms with Crippen LogP contribution in [0.4, 0.5) is 0 Å². The van der Waals surface area contributed by atoms with Crippen molar-refractivity contribution in [3.8, 4) is 0 Å². The highest BCUT2D eigenvalue weighted by molar-refractivity contribution is 5.80. The van der Waals surface area contributed by atoms with Gasteiger partial charge in [0.2, 0.25) is 5.91 Å². The summed E-state index contributed by atoms with van der Waals surface area (Å²) in [5, 5.41) is 11.4. The lowest BCUT2D eigenvalue weighted by Crippen LogP contribution is -2.31. The minimum atomic E-state index is -0.428. The van der Waals surface area contributed by atoms with E-state index in [1.807, 2.05) is 0 Å². The Labute approximate surface area is 60.4 Å². The molecule has 0 bridgehead atoms. The average Bonchev–Trinajstić information content (AvgIpc) is 2.63. The van der Waals surface area contributed by atoms with E-state index < -0.39 is 6.10 Å². The van der Waals surface area contributed by atoms with E-state index in [1.165, 1.54) is 0 Å². The highest BCUT2D eigenvalue weighted by Crippen LogP contribution is 2.28. The fourth-order valence-corrected chi connectivity index (χ4v) is 0.738. The van der Waals surface area contributed by atoms with Crippen molar-refractivity contribution in [2.45, 2.75) is 25.9 Å². The van der Waals surface area contributed by atoms with Crippen molar-refractivity contribution >= 4 is 5.91 Å². The summed E-state index contributed by atoms with van der Waals surface area (Å²) >= 11 is 0. The van der Waals surface area contributed by atoms with E-state index in [9.17, 15) is 4.79 Å². The van der Waals surface area contributed by atoms with Crippen molar-refractivity contribution in [3.63, 3.8) is 0 Å². The maximum atomic E-state index is 10.9. The van der Waals surface area contributed by atoms with Gasteiger partial charge in [-0.1, -0.05) is 0 Å². The van der Waals surface area contributed by atoms with Gasteiger partial charge in [-0.05, 0) is 19.8 Å². The standard InChI is InChI=1S/C7H13NO2/c1-5(9)4-8-7(10)6-2-3-6/h5-6,9H,2-4H2,1H3,(H,8,10)/t5-/m0/s1. The first kappa shape index (κ1) is 7.54. The lowest BCUT2D eigenvalue weighted by atomic mass is 10.3. The first-order valence-electron chi connectivity index (χ1n) is 3.66. The van der Waals surface area contributed by atoms with E-state index in [0.717, 1.165) is 12.8 Å². The fraction of sp³-hybridized carbons (Fsp3) is 0.857. The van der Waals surface area contributed by atoms with Crippen LogP contribution in [0, 0.1) is 5.92 Å². The first-order chi connectivity index (χ1) is 4.70. The molecular formula is C7H13NO2. The number of hydrogen-bond acceptors (Lipinski definition) is 2. The number of aliphatic hydroxyl groups excluding tert-OH is 1. The number of hydrogen-bond donors (Lipinski definition) is 2. The van der Waals surface area contributed by atoms with Crippen molar-refractivity contribution in [1.29, 1.82) is 0 Å². The molecule has 0 unspecified atom stereocenters. The summed E-state index contributed by atoms with van der Waals surface area (Å²) < 4.78 is 0. The predicted molar refractivity (Wildman–Crippen MR) is 37.4 cm³/mol. The molecule has 1 amide bonds. The molecule has 1 aliphatic rings. The Morgan fingerprint density at radius 2 is 2.40 bits per heavy atom. The summed E-state index contributed by atoms with van der Waals surface area (Å²) in [4.78, 5) is 10.9. The molecule has 1 atom stereocenters. The molecule has 1 fully saturated rings. The molecule has 0 heterocycles. The Morgan fingerprint density at radius 3 is 2.80 bits per heavy atom. The van der Waals surface area contributed by atoms with E-state index in [4.69, 9.17) is 5.11 Å². The van der Waals surface area contributed by atoms with Crippen LogP contribution in [0.15, 0.2) is 0 Å². The van der Waals surface area contributed by atoms with Crippen molar-refractivity contribution in [2.24, 2.45) is 5.92 Å². The molecule has 2 N–H and O–H groups in total. The fourth-order valence-electron chi connectivity index (χ4n) is 0.738. The summed E-state index contributed by atoms with van der Waals surface area (Å²) in [5.74, 6) is 0.347. The monoisotopic (exact) mass is 143 g/mol. The van der Waals surface area contributed by atoms with Gasteiger partial charge >= 0.3 is 0 Å². The maximum Gasteiger partial charge on any atom is 0.223 e. The molecular weight excluding hydrogens is 130 g/mol. The molecule has 1 saturated carbocycles. The van der Waals surface area contributed by atoms with Gasteiger partial charge in [0.05, 0.1) is 6.10 Å². The topological polar surface area (TPSA) is 49.3 Å². The summed E-state index contributed by atoms with van der Waals surface area (Å²) in [6.07, 6.45) is 1.61. The first-order valence-corrected chi connectivity index (χ1v) is 3.66. The van der Waals surface area contributed by atoms with E-state index in [2.05, 4.69) is 5.32 Å². The molecule has 3 nitrogen and oxygen atoms in total. The lowest BCUT2D eigenvalue weighted by molar-refractivity contribution is -0.122. The van der Waals surface area contributed by atoms with Crippen LogP contribution in [-0.4, -0.2) is 23.7 Å². The molecule has 10 heavy (non-hydrogen) atoms. The molecule has 58 valence electrons. The molecule has 3 heteroatoms. The Balaban J connectivity index is 2.06. The molecule has 0 aromatic carbocycles. The Kier molecular flexibility index (Phi) is 2.27. The second-order valence-electron chi connectivity index (χ2n) is 2.87. The van der Waals surface area contributed by atoms with Crippen LogP contribution in [0.25, 0.3) is 0 Å². The number of rotatable bonds is 3. The zero-order chi connectivity index (χ0) is 7.56. The summed E-state index contributed by atoms with van der Waals surface area (Å²) in [5.41, 5.74) is 0. The third-order valence-electron chi connectivity index (χ3n) is 1.52. The van der Waals surface area contributed by atoms with E-state index in [0.29, 0.717) is 6.54 Å². The minimum absolute atomic E-state index is 0.0981. The van der Waals surface area contributed by atoms with Gasteiger partial charge in [0, 0.05) is 12.5 Å². The third kappa shape index (κ3) is 2.35. The van der Waals surface area contributed by atoms with Crippen LogP contribution in [-0.2, 0) is 4.79 Å². The van der Waals surface area contributed by atoms with Gasteiger partial charge in [0.15, 0.2) is 0 Å². The number of amides is 1. The van der Waals surface area contributed by atoms with Gasteiger partial charge in [-0.3, -0.25) is 4.79 Å². The number of nitrogens with one attached hydrogen (secondary N) is 1. The number of aliphatic hydroxyl groups is 1. The van der Waals surface area contributed by atoms with Gasteiger partial charge in [-0.2, -0.15) is 0 Å². The predicted octanol–water partition coefficient (Wildman–Crippen LogP) is -0.107. The Bertz CT molecular complexity index is 130. The third-order valence-corrected chi connectivity index (χ3v) is 1.52. The van der Waals surface area contributed by atoms with E-state index in [-0.39, 0.29) is 11.8 Å². The van der Waals surface area contributed by atoms with Gasteiger partial charge in [0.1, 0.15) is 0 Å². The van der Waals surface area contributed by atoms with Crippen LogP contribution in [0.3, 0.4) is 0 Å². The highest BCUT2D eigenvalue weighted by Gasteiger charge is 2.29. The van der Waals surface area contributed by atoms with Crippen molar-refractivity contribution in [3.05, 3.63) is 0 Å². The molecule has 0 saturated heterocycles. The summed E-state index contributed by atoms with van der Waals surface area (Å²) in [6.45, 7) is 2.04. The molecule has 0 aromatic heterocycles. The number of carbonyl (C=O) groups excluding carboxylic acids is 1. The molecule has 0 aromatic rings. The van der Waals surface area contributed by atoms with Crippen LogP contribution in [0.1, 0.15) is 19.8 Å². The summed E-state index contributed by atoms with van der Waals surface area (Å²) in [7, 11) is 0. The van der Waals surface area contributed by atoms with Crippen LogP contribution in [0.2, 0.25) is 0 Å². The quantitative estimate of drug-likeness (QED) is 0.579. The normalized spacial score (nSPS) is 20.2. The molecule has 0 spiro atoms. The smallest absolute Gasteiger partial charge is 0.223 e. The number of carbonyl (C=O) groups is 1. The molecule has 0 aliphatic heterocycles. The van der Waals surface area contributed by atoms with E-state index >= 15 is 0 Å². The molecule has 1 rings (SSSR count). The van der Waals surface area contributed by atoms with Gasteiger partial charge in [-0.25, -0.2) is 0 Å². The summed E-state index contributed by atoms with van der Waals surface area (Å²) in [6, 6.07) is 0. The second kappa shape index (κ2) is 3.01. The van der Waals surface area contributed by atoms with Crippen molar-refractivity contribution in [2.75, 3.05) is 6.54 Å². The van der Waals surface area contributed by atoms with Crippen molar-refractivity contribution < 1.29 is 9.90 Å². The van der Waals surface area contributed by atoms with Crippen LogP contribution in [0.5, 0.6) is 0 Å². The maximum absolute atomic E-state index is 10.9. The van der Waals surface area contributed by atoms with Gasteiger partial charge in [-0.15, -0.1) is 0 Å². The largest absolute Gasteiger partial charge is 0.392 e. The lowest BCUT2D eigenvalue weighted by Gasteiger charge is -2.04. The van der Waals surface area contributed by atoms with E-state index in [1.54, 1.807) is 6.92 Å². The van der Waals surface area contributed by atoms with Crippen LogP contribution < -0.4 is 5.32 Å². The highest BCUT2D eigenvalue weighted by atomic mass is 16.3. The average molecular weight is 143 g/mol. The van der Waals surface area contributed by atoms with Gasteiger partial charge < -0.3 is 10.4 Å². The SMILES string of the molecule is C[C@H](O)CNC(=O)C1CC1. The Morgan fingerprint density at radius 1 is 1.80 bits per heavy atom.